The molecule has 7 heteroatoms. The van der Waals surface area contributed by atoms with E-state index in [2.05, 4.69) is 15.6 Å². The normalized spacial score (nSPS) is 12.8. The van der Waals surface area contributed by atoms with Crippen LogP contribution >= 0.6 is 0 Å². The lowest BCUT2D eigenvalue weighted by molar-refractivity contribution is 0.504. The van der Waals surface area contributed by atoms with E-state index < -0.39 is 23.3 Å². The number of benzene rings is 2. The van der Waals surface area contributed by atoms with E-state index in [4.69, 9.17) is 0 Å². The molecule has 1 atom stereocenters. The fraction of sp³-hybridized carbons (Fsp3) is 0.235. The number of nitrogens with one attached hydrogen (secondary N) is 2. The monoisotopic (exact) mass is 339 g/mol. The largest absolute Gasteiger partial charge is 0.352 e. The van der Waals surface area contributed by atoms with E-state index in [0.717, 1.165) is 30.3 Å². The molecule has 24 heavy (non-hydrogen) atoms. The fourth-order valence-corrected chi connectivity index (χ4v) is 2.12. The topological polar surface area (TPSA) is 36.4 Å². The average molecular weight is 339 g/mol. The Morgan fingerprint density at radius 1 is 1.00 bits per heavy atom. The van der Waals surface area contributed by atoms with Gasteiger partial charge in [-0.05, 0) is 42.8 Å². The van der Waals surface area contributed by atoms with Crippen molar-refractivity contribution in [2.45, 2.75) is 19.5 Å². The molecule has 2 N–H and O–H groups in total. The van der Waals surface area contributed by atoms with Gasteiger partial charge in [0.1, 0.15) is 11.6 Å². The summed E-state index contributed by atoms with van der Waals surface area (Å²) in [7, 11) is 1.51. The van der Waals surface area contributed by atoms with Gasteiger partial charge < -0.3 is 10.6 Å². The second-order valence-electron chi connectivity index (χ2n) is 5.20. The molecule has 0 bridgehead atoms. The van der Waals surface area contributed by atoms with E-state index in [9.17, 15) is 17.6 Å². The second kappa shape index (κ2) is 7.81. The molecule has 128 valence electrons. The lowest BCUT2D eigenvalue weighted by Crippen LogP contribution is -2.38. The molecule has 0 aliphatic carbocycles. The molecule has 0 aliphatic heterocycles. The highest BCUT2D eigenvalue weighted by Crippen LogP contribution is 2.16. The standard InChI is InChI=1S/C17H17F4N3/c1-10(11-3-5-15(20)16(21)8-11)24-17(22-2)23-9-12-7-13(18)4-6-14(12)19/h3-8,10H,9H2,1-2H3,(H2,22,23,24). The minimum absolute atomic E-state index is 0.0216. The molecular weight excluding hydrogens is 322 g/mol. The van der Waals surface area contributed by atoms with Crippen molar-refractivity contribution in [2.24, 2.45) is 4.99 Å². The van der Waals surface area contributed by atoms with Crippen molar-refractivity contribution in [1.29, 1.82) is 0 Å². The molecule has 0 amide bonds. The van der Waals surface area contributed by atoms with Crippen LogP contribution in [0, 0.1) is 23.3 Å². The minimum atomic E-state index is -0.939. The van der Waals surface area contributed by atoms with Crippen LogP contribution in [0.2, 0.25) is 0 Å². The number of halogens is 4. The number of nitrogens with zero attached hydrogens (tertiary/aromatic N) is 1. The second-order valence-corrected chi connectivity index (χ2v) is 5.20. The van der Waals surface area contributed by atoms with E-state index >= 15 is 0 Å². The molecule has 3 nitrogen and oxygen atoms in total. The zero-order valence-electron chi connectivity index (χ0n) is 13.2. The van der Waals surface area contributed by atoms with Crippen molar-refractivity contribution >= 4 is 5.96 Å². The van der Waals surface area contributed by atoms with Crippen LogP contribution in [0.25, 0.3) is 0 Å². The zero-order valence-corrected chi connectivity index (χ0v) is 13.2. The molecule has 0 fully saturated rings. The van der Waals surface area contributed by atoms with Crippen LogP contribution < -0.4 is 10.6 Å². The molecule has 0 saturated carbocycles. The summed E-state index contributed by atoms with van der Waals surface area (Å²) in [5, 5.41) is 5.81. The van der Waals surface area contributed by atoms with Crippen molar-refractivity contribution in [1.82, 2.24) is 10.6 Å². The molecule has 2 rings (SSSR count). The highest BCUT2D eigenvalue weighted by molar-refractivity contribution is 5.80. The number of guanidine groups is 1. The summed E-state index contributed by atoms with van der Waals surface area (Å²) in [5.74, 6) is -2.61. The fourth-order valence-electron chi connectivity index (χ4n) is 2.12. The van der Waals surface area contributed by atoms with Crippen molar-refractivity contribution < 1.29 is 17.6 Å². The van der Waals surface area contributed by atoms with Crippen molar-refractivity contribution in [2.75, 3.05) is 7.05 Å². The van der Waals surface area contributed by atoms with Crippen LogP contribution in [0.3, 0.4) is 0 Å². The summed E-state index contributed by atoms with van der Waals surface area (Å²) in [5.41, 5.74) is 0.673. The van der Waals surface area contributed by atoms with Crippen molar-refractivity contribution in [3.63, 3.8) is 0 Å². The van der Waals surface area contributed by atoms with Crippen LogP contribution in [0.15, 0.2) is 41.4 Å². The lowest BCUT2D eigenvalue weighted by Gasteiger charge is -2.18. The smallest absolute Gasteiger partial charge is 0.191 e. The van der Waals surface area contributed by atoms with Gasteiger partial charge in [-0.3, -0.25) is 4.99 Å². The Hall–Kier alpha value is -2.57. The maximum atomic E-state index is 13.6. The van der Waals surface area contributed by atoms with Gasteiger partial charge in [0.05, 0.1) is 6.04 Å². The van der Waals surface area contributed by atoms with Crippen LogP contribution in [-0.4, -0.2) is 13.0 Å². The van der Waals surface area contributed by atoms with Gasteiger partial charge in [0.2, 0.25) is 0 Å². The minimum Gasteiger partial charge on any atom is -0.352 e. The molecule has 0 aromatic heterocycles. The van der Waals surface area contributed by atoms with Gasteiger partial charge in [0.25, 0.3) is 0 Å². The highest BCUT2D eigenvalue weighted by Gasteiger charge is 2.11. The lowest BCUT2D eigenvalue weighted by atomic mass is 10.1. The Morgan fingerprint density at radius 3 is 2.38 bits per heavy atom. The molecule has 1 unspecified atom stereocenters. The Labute approximate surface area is 137 Å². The molecule has 0 spiro atoms. The van der Waals surface area contributed by atoms with Crippen molar-refractivity contribution in [3.8, 4) is 0 Å². The first-order valence-electron chi connectivity index (χ1n) is 7.26. The van der Waals surface area contributed by atoms with Gasteiger partial charge in [0.15, 0.2) is 17.6 Å². The predicted octanol–water partition coefficient (Wildman–Crippen LogP) is 3.67. The summed E-state index contributed by atoms with van der Waals surface area (Å²) in [6.07, 6.45) is 0. The van der Waals surface area contributed by atoms with Gasteiger partial charge in [-0.2, -0.15) is 0 Å². The first-order chi connectivity index (χ1) is 11.4. The Kier molecular flexibility index (Phi) is 5.78. The summed E-state index contributed by atoms with van der Waals surface area (Å²) in [4.78, 5) is 3.97. The van der Waals surface area contributed by atoms with Crippen LogP contribution in [0.5, 0.6) is 0 Å². The third-order valence-electron chi connectivity index (χ3n) is 3.47. The molecule has 2 aromatic carbocycles. The average Bonchev–Trinajstić information content (AvgIpc) is 2.56. The number of hydrogen-bond acceptors (Lipinski definition) is 1. The first kappa shape index (κ1) is 17.8. The summed E-state index contributed by atoms with van der Waals surface area (Å²) in [6, 6.07) is 6.39. The Bertz CT molecular complexity index is 747. The zero-order chi connectivity index (χ0) is 17.7. The summed E-state index contributed by atoms with van der Waals surface area (Å²) >= 11 is 0. The van der Waals surface area contributed by atoms with E-state index in [1.165, 1.54) is 13.1 Å². The van der Waals surface area contributed by atoms with Crippen LogP contribution in [0.1, 0.15) is 24.1 Å². The third-order valence-corrected chi connectivity index (χ3v) is 3.47. The van der Waals surface area contributed by atoms with E-state index in [-0.39, 0.29) is 18.2 Å². The molecular formula is C17H17F4N3. The Morgan fingerprint density at radius 2 is 1.71 bits per heavy atom. The van der Waals surface area contributed by atoms with E-state index in [1.807, 2.05) is 0 Å². The summed E-state index contributed by atoms with van der Waals surface area (Å²) < 4.78 is 53.0. The molecule has 0 heterocycles. The van der Waals surface area contributed by atoms with E-state index in [0.29, 0.717) is 11.5 Å². The molecule has 0 saturated heterocycles. The highest BCUT2D eigenvalue weighted by atomic mass is 19.2. The Balaban J connectivity index is 2.01. The maximum absolute atomic E-state index is 13.6. The molecule has 2 aromatic rings. The summed E-state index contributed by atoms with van der Waals surface area (Å²) in [6.45, 7) is 1.76. The quantitative estimate of drug-likeness (QED) is 0.507. The van der Waals surface area contributed by atoms with Crippen LogP contribution in [-0.2, 0) is 6.54 Å². The van der Waals surface area contributed by atoms with Gasteiger partial charge in [0, 0.05) is 19.2 Å². The van der Waals surface area contributed by atoms with Gasteiger partial charge in [-0.15, -0.1) is 0 Å². The number of aliphatic imine (C=N–C) groups is 1. The van der Waals surface area contributed by atoms with Crippen molar-refractivity contribution in [3.05, 3.63) is 70.8 Å². The van der Waals surface area contributed by atoms with Crippen LogP contribution in [0.4, 0.5) is 17.6 Å². The maximum Gasteiger partial charge on any atom is 0.191 e. The molecule has 0 radical (unpaired) electrons. The number of rotatable bonds is 4. The first-order valence-corrected chi connectivity index (χ1v) is 7.26. The van der Waals surface area contributed by atoms with Gasteiger partial charge in [-0.25, -0.2) is 17.6 Å². The predicted molar refractivity (Wildman–Crippen MR) is 84.5 cm³/mol. The third kappa shape index (κ3) is 4.47. The number of hydrogen-bond donors (Lipinski definition) is 2. The van der Waals surface area contributed by atoms with Gasteiger partial charge >= 0.3 is 0 Å². The molecule has 0 aliphatic rings. The SMILES string of the molecule is CN=C(NCc1cc(F)ccc1F)NC(C)c1ccc(F)c(F)c1. The van der Waals surface area contributed by atoms with E-state index in [1.54, 1.807) is 6.92 Å². The van der Waals surface area contributed by atoms with Gasteiger partial charge in [-0.1, -0.05) is 6.07 Å².